The van der Waals surface area contributed by atoms with Crippen LogP contribution in [0.5, 0.6) is 0 Å². The van der Waals surface area contributed by atoms with Crippen molar-refractivity contribution in [3.63, 3.8) is 0 Å². The molecule has 1 rings (SSSR count). The Balaban J connectivity index is 2.13. The van der Waals surface area contributed by atoms with Gasteiger partial charge in [0.05, 0.1) is 6.61 Å². The molecule has 0 aromatic heterocycles. The summed E-state index contributed by atoms with van der Waals surface area (Å²) >= 11 is 0. The summed E-state index contributed by atoms with van der Waals surface area (Å²) in [5, 5.41) is 8.72. The second-order valence-electron chi connectivity index (χ2n) is 3.89. The lowest BCUT2D eigenvalue weighted by molar-refractivity contribution is 0.222. The van der Waals surface area contributed by atoms with Crippen LogP contribution >= 0.6 is 0 Å². The van der Waals surface area contributed by atoms with Crippen LogP contribution in [0.2, 0.25) is 0 Å². The molecule has 0 heterocycles. The van der Waals surface area contributed by atoms with E-state index < -0.39 is 0 Å². The number of aliphatic hydroxyl groups excluding tert-OH is 1. The van der Waals surface area contributed by atoms with Crippen LogP contribution in [0.15, 0.2) is 11.6 Å². The average molecular weight is 183 g/mol. The molecule has 1 aliphatic carbocycles. The molecular formula is C11H21NO. The zero-order valence-electron chi connectivity index (χ0n) is 8.63. The third kappa shape index (κ3) is 4.44. The summed E-state index contributed by atoms with van der Waals surface area (Å²) in [4.78, 5) is 2.19. The third-order valence-corrected chi connectivity index (χ3v) is 2.68. The minimum absolute atomic E-state index is 0.273. The Morgan fingerprint density at radius 3 is 2.85 bits per heavy atom. The van der Waals surface area contributed by atoms with Gasteiger partial charge in [0.2, 0.25) is 0 Å². The van der Waals surface area contributed by atoms with Gasteiger partial charge in [-0.3, -0.25) is 0 Å². The fourth-order valence-corrected chi connectivity index (χ4v) is 1.75. The van der Waals surface area contributed by atoms with Gasteiger partial charge in [-0.2, -0.15) is 0 Å². The Kier molecular flexibility index (Phi) is 5.09. The molecule has 0 unspecified atom stereocenters. The summed E-state index contributed by atoms with van der Waals surface area (Å²) < 4.78 is 0. The molecule has 76 valence electrons. The molecule has 0 saturated carbocycles. The summed E-state index contributed by atoms with van der Waals surface area (Å²) in [6, 6.07) is 0. The maximum absolute atomic E-state index is 8.72. The first kappa shape index (κ1) is 10.7. The summed E-state index contributed by atoms with van der Waals surface area (Å²) in [6.45, 7) is 2.16. The van der Waals surface area contributed by atoms with E-state index in [1.807, 2.05) is 0 Å². The topological polar surface area (TPSA) is 23.5 Å². The largest absolute Gasteiger partial charge is 0.395 e. The van der Waals surface area contributed by atoms with E-state index in [-0.39, 0.29) is 6.61 Å². The molecule has 1 aliphatic rings. The fourth-order valence-electron chi connectivity index (χ4n) is 1.75. The van der Waals surface area contributed by atoms with Crippen LogP contribution in [-0.2, 0) is 0 Å². The van der Waals surface area contributed by atoms with Crippen molar-refractivity contribution < 1.29 is 5.11 Å². The Hall–Kier alpha value is -0.340. The van der Waals surface area contributed by atoms with Gasteiger partial charge in [-0.15, -0.1) is 0 Å². The van der Waals surface area contributed by atoms with Crippen molar-refractivity contribution in [2.45, 2.75) is 32.1 Å². The zero-order valence-corrected chi connectivity index (χ0v) is 8.63. The van der Waals surface area contributed by atoms with Gasteiger partial charge in [0, 0.05) is 13.1 Å². The lowest BCUT2D eigenvalue weighted by Crippen LogP contribution is -2.23. The molecule has 13 heavy (non-hydrogen) atoms. The molecule has 0 fully saturated rings. The van der Waals surface area contributed by atoms with Gasteiger partial charge < -0.3 is 10.0 Å². The van der Waals surface area contributed by atoms with Gasteiger partial charge in [-0.05, 0) is 39.2 Å². The van der Waals surface area contributed by atoms with Gasteiger partial charge in [-0.25, -0.2) is 0 Å². The zero-order chi connectivity index (χ0) is 9.52. The van der Waals surface area contributed by atoms with Crippen LogP contribution in [0.3, 0.4) is 0 Å². The molecule has 0 saturated heterocycles. The Morgan fingerprint density at radius 2 is 2.23 bits per heavy atom. The second kappa shape index (κ2) is 6.17. The number of nitrogens with zero attached hydrogens (tertiary/aromatic N) is 1. The van der Waals surface area contributed by atoms with Crippen molar-refractivity contribution in [2.24, 2.45) is 0 Å². The van der Waals surface area contributed by atoms with Crippen LogP contribution < -0.4 is 0 Å². The highest BCUT2D eigenvalue weighted by molar-refractivity contribution is 5.05. The number of rotatable bonds is 5. The van der Waals surface area contributed by atoms with Gasteiger partial charge in [0.25, 0.3) is 0 Å². The molecular weight excluding hydrogens is 162 g/mol. The van der Waals surface area contributed by atoms with E-state index in [0.717, 1.165) is 13.1 Å². The van der Waals surface area contributed by atoms with E-state index in [4.69, 9.17) is 5.11 Å². The van der Waals surface area contributed by atoms with Crippen LogP contribution in [0, 0.1) is 0 Å². The number of hydrogen-bond donors (Lipinski definition) is 1. The van der Waals surface area contributed by atoms with Crippen LogP contribution in [0.25, 0.3) is 0 Å². The van der Waals surface area contributed by atoms with Gasteiger partial charge in [0.15, 0.2) is 0 Å². The quantitative estimate of drug-likeness (QED) is 0.657. The molecule has 0 spiro atoms. The molecule has 0 aromatic carbocycles. The molecule has 2 nitrogen and oxygen atoms in total. The molecule has 0 aromatic rings. The third-order valence-electron chi connectivity index (χ3n) is 2.68. The number of aliphatic hydroxyl groups is 1. The lowest BCUT2D eigenvalue weighted by Gasteiger charge is -2.18. The minimum atomic E-state index is 0.273. The Morgan fingerprint density at radius 1 is 1.38 bits per heavy atom. The van der Waals surface area contributed by atoms with Crippen molar-refractivity contribution in [2.75, 3.05) is 26.7 Å². The average Bonchev–Trinajstić information content (AvgIpc) is 2.17. The van der Waals surface area contributed by atoms with E-state index in [9.17, 15) is 0 Å². The molecule has 0 bridgehead atoms. The first-order valence-electron chi connectivity index (χ1n) is 5.30. The van der Waals surface area contributed by atoms with Crippen molar-refractivity contribution in [3.05, 3.63) is 11.6 Å². The normalized spacial score (nSPS) is 17.6. The van der Waals surface area contributed by atoms with E-state index in [2.05, 4.69) is 18.0 Å². The van der Waals surface area contributed by atoms with Crippen molar-refractivity contribution >= 4 is 0 Å². The predicted octanol–water partition coefficient (Wildman–Crippen LogP) is 1.80. The van der Waals surface area contributed by atoms with E-state index in [0.29, 0.717) is 0 Å². The first-order valence-corrected chi connectivity index (χ1v) is 5.30. The van der Waals surface area contributed by atoms with Crippen LogP contribution in [0.4, 0.5) is 0 Å². The van der Waals surface area contributed by atoms with Crippen molar-refractivity contribution in [1.82, 2.24) is 4.90 Å². The first-order chi connectivity index (χ1) is 6.33. The standard InChI is InChI=1S/C11H21NO/c1-12(9-10-13)8-7-11-5-3-2-4-6-11/h5,13H,2-4,6-10H2,1H3. The summed E-state index contributed by atoms with van der Waals surface area (Å²) in [6.07, 6.45) is 8.91. The number of likely N-dealkylation sites (N-methyl/N-ethyl adjacent to an activating group) is 1. The fraction of sp³-hybridized carbons (Fsp3) is 0.818. The van der Waals surface area contributed by atoms with E-state index >= 15 is 0 Å². The molecule has 2 heteroatoms. The Labute approximate surface area is 81.2 Å². The maximum Gasteiger partial charge on any atom is 0.0558 e. The molecule has 0 radical (unpaired) electrons. The highest BCUT2D eigenvalue weighted by Crippen LogP contribution is 2.19. The lowest BCUT2D eigenvalue weighted by atomic mass is 9.97. The second-order valence-corrected chi connectivity index (χ2v) is 3.89. The predicted molar refractivity (Wildman–Crippen MR) is 55.8 cm³/mol. The van der Waals surface area contributed by atoms with Gasteiger partial charge in [0.1, 0.15) is 0 Å². The van der Waals surface area contributed by atoms with Crippen molar-refractivity contribution in [3.8, 4) is 0 Å². The monoisotopic (exact) mass is 183 g/mol. The SMILES string of the molecule is CN(CCO)CCC1=CCCCC1. The molecule has 1 N–H and O–H groups in total. The van der Waals surface area contributed by atoms with Crippen molar-refractivity contribution in [1.29, 1.82) is 0 Å². The van der Waals surface area contributed by atoms with Crippen LogP contribution in [-0.4, -0.2) is 36.8 Å². The number of allylic oxidation sites excluding steroid dienone is 1. The van der Waals surface area contributed by atoms with E-state index in [1.165, 1.54) is 32.1 Å². The summed E-state index contributed by atoms with van der Waals surface area (Å²) in [7, 11) is 2.07. The molecule has 0 amide bonds. The smallest absolute Gasteiger partial charge is 0.0558 e. The maximum atomic E-state index is 8.72. The Bertz CT molecular complexity index is 165. The highest BCUT2D eigenvalue weighted by Gasteiger charge is 2.04. The summed E-state index contributed by atoms with van der Waals surface area (Å²) in [5.74, 6) is 0. The minimum Gasteiger partial charge on any atom is -0.395 e. The molecule has 0 atom stereocenters. The van der Waals surface area contributed by atoms with Gasteiger partial charge >= 0.3 is 0 Å². The van der Waals surface area contributed by atoms with E-state index in [1.54, 1.807) is 5.57 Å². The van der Waals surface area contributed by atoms with Crippen LogP contribution in [0.1, 0.15) is 32.1 Å². The highest BCUT2D eigenvalue weighted by atomic mass is 16.3. The molecule has 0 aliphatic heterocycles. The van der Waals surface area contributed by atoms with Gasteiger partial charge in [-0.1, -0.05) is 11.6 Å². The number of hydrogen-bond acceptors (Lipinski definition) is 2. The summed E-state index contributed by atoms with van der Waals surface area (Å²) in [5.41, 5.74) is 1.62.